The van der Waals surface area contributed by atoms with Crippen LogP contribution in [-0.2, 0) is 4.74 Å². The highest BCUT2D eigenvalue weighted by molar-refractivity contribution is 5.68. The van der Waals surface area contributed by atoms with Crippen molar-refractivity contribution in [1.82, 2.24) is 10.6 Å². The van der Waals surface area contributed by atoms with E-state index in [1.165, 1.54) is 19.3 Å². The van der Waals surface area contributed by atoms with E-state index >= 15 is 0 Å². The first-order valence-corrected chi connectivity index (χ1v) is 6.90. The maximum Gasteiger partial charge on any atom is 0.408 e. The summed E-state index contributed by atoms with van der Waals surface area (Å²) >= 11 is 0. The fourth-order valence-electron chi connectivity index (χ4n) is 1.91. The van der Waals surface area contributed by atoms with Gasteiger partial charge in [-0.05, 0) is 59.9 Å². The molecule has 0 saturated heterocycles. The molecule has 4 nitrogen and oxygen atoms in total. The Balaban J connectivity index is 2.22. The summed E-state index contributed by atoms with van der Waals surface area (Å²) in [5, 5.41) is 6.32. The maximum atomic E-state index is 11.7. The summed E-state index contributed by atoms with van der Waals surface area (Å²) in [6.07, 6.45) is 3.70. The molecule has 1 saturated carbocycles. The standard InChI is InChI=1S/C14H28N2O2/c1-13(2,3)18-12(17)16-14(4,5)10-15-9-11-7-6-8-11/h11,15H,6-10H2,1-5H3,(H,16,17). The molecule has 0 heterocycles. The van der Waals surface area contributed by atoms with Gasteiger partial charge in [0.05, 0.1) is 5.54 Å². The first-order chi connectivity index (χ1) is 8.18. The van der Waals surface area contributed by atoms with E-state index in [1.807, 2.05) is 34.6 Å². The average molecular weight is 256 g/mol. The molecule has 1 aliphatic carbocycles. The minimum Gasteiger partial charge on any atom is -0.444 e. The van der Waals surface area contributed by atoms with Crippen LogP contribution in [0.1, 0.15) is 53.9 Å². The van der Waals surface area contributed by atoms with Gasteiger partial charge in [-0.1, -0.05) is 6.42 Å². The largest absolute Gasteiger partial charge is 0.444 e. The van der Waals surface area contributed by atoms with Crippen molar-refractivity contribution < 1.29 is 9.53 Å². The van der Waals surface area contributed by atoms with Crippen LogP contribution >= 0.6 is 0 Å². The second kappa shape index (κ2) is 5.91. The molecule has 0 aromatic carbocycles. The van der Waals surface area contributed by atoms with Gasteiger partial charge in [0.2, 0.25) is 0 Å². The molecule has 1 fully saturated rings. The van der Waals surface area contributed by atoms with Gasteiger partial charge < -0.3 is 15.4 Å². The first kappa shape index (κ1) is 15.3. The van der Waals surface area contributed by atoms with E-state index in [0.29, 0.717) is 0 Å². The normalized spacial score (nSPS) is 17.2. The predicted molar refractivity (Wildman–Crippen MR) is 73.7 cm³/mol. The van der Waals surface area contributed by atoms with Crippen molar-refractivity contribution in [3.05, 3.63) is 0 Å². The molecule has 0 aromatic rings. The van der Waals surface area contributed by atoms with E-state index in [2.05, 4.69) is 10.6 Å². The van der Waals surface area contributed by atoms with Crippen molar-refractivity contribution in [1.29, 1.82) is 0 Å². The van der Waals surface area contributed by atoms with Gasteiger partial charge in [-0.15, -0.1) is 0 Å². The van der Waals surface area contributed by atoms with Crippen molar-refractivity contribution in [2.45, 2.75) is 65.0 Å². The highest BCUT2D eigenvalue weighted by atomic mass is 16.6. The summed E-state index contributed by atoms with van der Waals surface area (Å²) in [5.74, 6) is 0.835. The van der Waals surface area contributed by atoms with Crippen molar-refractivity contribution >= 4 is 6.09 Å². The Morgan fingerprint density at radius 1 is 1.22 bits per heavy atom. The molecular weight excluding hydrogens is 228 g/mol. The quantitative estimate of drug-likeness (QED) is 0.795. The van der Waals surface area contributed by atoms with E-state index in [4.69, 9.17) is 4.74 Å². The van der Waals surface area contributed by atoms with E-state index in [9.17, 15) is 4.79 Å². The minimum absolute atomic E-state index is 0.286. The number of nitrogens with one attached hydrogen (secondary N) is 2. The third-order valence-corrected chi connectivity index (χ3v) is 3.06. The number of amides is 1. The molecule has 0 unspecified atom stereocenters. The molecule has 1 rings (SSSR count). The Kier molecular flexibility index (Phi) is 5.02. The number of carbonyl (C=O) groups excluding carboxylic acids is 1. The molecule has 1 aliphatic rings. The lowest BCUT2D eigenvalue weighted by atomic mass is 9.85. The molecule has 0 aliphatic heterocycles. The zero-order chi connectivity index (χ0) is 13.8. The topological polar surface area (TPSA) is 50.4 Å². The van der Waals surface area contributed by atoms with Gasteiger partial charge in [-0.2, -0.15) is 0 Å². The van der Waals surface area contributed by atoms with Crippen LogP contribution in [0, 0.1) is 5.92 Å². The number of carbonyl (C=O) groups is 1. The molecule has 1 amide bonds. The lowest BCUT2D eigenvalue weighted by molar-refractivity contribution is 0.0471. The van der Waals surface area contributed by atoms with Crippen LogP contribution in [0.25, 0.3) is 0 Å². The third-order valence-electron chi connectivity index (χ3n) is 3.06. The van der Waals surface area contributed by atoms with E-state index in [0.717, 1.165) is 19.0 Å². The number of hydrogen-bond donors (Lipinski definition) is 2. The number of hydrogen-bond acceptors (Lipinski definition) is 3. The second-order valence-electron chi connectivity index (χ2n) is 6.94. The fourth-order valence-corrected chi connectivity index (χ4v) is 1.91. The van der Waals surface area contributed by atoms with Crippen molar-refractivity contribution in [3.8, 4) is 0 Å². The van der Waals surface area contributed by atoms with Gasteiger partial charge in [0.15, 0.2) is 0 Å². The van der Waals surface area contributed by atoms with Gasteiger partial charge in [0, 0.05) is 6.54 Å². The summed E-state index contributed by atoms with van der Waals surface area (Å²) in [5.41, 5.74) is -0.731. The Hall–Kier alpha value is -0.770. The Bertz CT molecular complexity index is 278. The van der Waals surface area contributed by atoms with Crippen LogP contribution < -0.4 is 10.6 Å². The number of rotatable bonds is 5. The molecule has 0 radical (unpaired) electrons. The Morgan fingerprint density at radius 2 is 1.83 bits per heavy atom. The maximum absolute atomic E-state index is 11.7. The molecule has 0 bridgehead atoms. The van der Waals surface area contributed by atoms with E-state index in [-0.39, 0.29) is 11.6 Å². The Labute approximate surface area is 111 Å². The van der Waals surface area contributed by atoms with Crippen LogP contribution in [0.5, 0.6) is 0 Å². The summed E-state index contributed by atoms with van der Waals surface area (Å²) in [7, 11) is 0. The predicted octanol–water partition coefficient (Wildman–Crippen LogP) is 2.68. The molecule has 0 aromatic heterocycles. The summed E-state index contributed by atoms with van der Waals surface area (Å²) in [6.45, 7) is 11.4. The minimum atomic E-state index is -0.445. The van der Waals surface area contributed by atoms with Gasteiger partial charge in [-0.25, -0.2) is 4.79 Å². The Morgan fingerprint density at radius 3 is 2.28 bits per heavy atom. The molecular formula is C14H28N2O2. The summed E-state index contributed by atoms with van der Waals surface area (Å²) in [4.78, 5) is 11.7. The lowest BCUT2D eigenvalue weighted by Gasteiger charge is -2.31. The van der Waals surface area contributed by atoms with Crippen molar-refractivity contribution in [2.24, 2.45) is 5.92 Å². The summed E-state index contributed by atoms with van der Waals surface area (Å²) in [6, 6.07) is 0. The van der Waals surface area contributed by atoms with Crippen LogP contribution in [0.3, 0.4) is 0 Å². The zero-order valence-corrected chi connectivity index (χ0v) is 12.4. The molecule has 0 atom stereocenters. The molecule has 2 N–H and O–H groups in total. The highest BCUT2D eigenvalue weighted by Gasteiger charge is 2.25. The van der Waals surface area contributed by atoms with Crippen LogP contribution in [0.15, 0.2) is 0 Å². The zero-order valence-electron chi connectivity index (χ0n) is 12.4. The molecule has 4 heteroatoms. The SMILES string of the molecule is CC(C)(CNCC1CCC1)NC(=O)OC(C)(C)C. The van der Waals surface area contributed by atoms with Crippen LogP contribution in [0.2, 0.25) is 0 Å². The lowest BCUT2D eigenvalue weighted by Crippen LogP contribution is -2.52. The van der Waals surface area contributed by atoms with Crippen LogP contribution in [0.4, 0.5) is 4.79 Å². The van der Waals surface area contributed by atoms with Crippen molar-refractivity contribution in [3.63, 3.8) is 0 Å². The average Bonchev–Trinajstić information content (AvgIpc) is 2.04. The number of ether oxygens (including phenoxy) is 1. The second-order valence-corrected chi connectivity index (χ2v) is 6.94. The molecule has 106 valence electrons. The molecule has 0 spiro atoms. The third kappa shape index (κ3) is 6.24. The fraction of sp³-hybridized carbons (Fsp3) is 0.929. The first-order valence-electron chi connectivity index (χ1n) is 6.90. The van der Waals surface area contributed by atoms with Gasteiger partial charge in [0.1, 0.15) is 5.60 Å². The van der Waals surface area contributed by atoms with Gasteiger partial charge in [-0.3, -0.25) is 0 Å². The molecule has 18 heavy (non-hydrogen) atoms. The van der Waals surface area contributed by atoms with Crippen molar-refractivity contribution in [2.75, 3.05) is 13.1 Å². The van der Waals surface area contributed by atoms with Crippen LogP contribution in [-0.4, -0.2) is 30.3 Å². The summed E-state index contributed by atoms with van der Waals surface area (Å²) < 4.78 is 5.26. The monoisotopic (exact) mass is 256 g/mol. The van der Waals surface area contributed by atoms with E-state index in [1.54, 1.807) is 0 Å². The smallest absolute Gasteiger partial charge is 0.408 e. The van der Waals surface area contributed by atoms with Gasteiger partial charge in [0.25, 0.3) is 0 Å². The van der Waals surface area contributed by atoms with E-state index < -0.39 is 5.60 Å². The number of alkyl carbamates (subject to hydrolysis) is 1. The van der Waals surface area contributed by atoms with Gasteiger partial charge >= 0.3 is 6.09 Å². The highest BCUT2D eigenvalue weighted by Crippen LogP contribution is 2.25.